The summed E-state index contributed by atoms with van der Waals surface area (Å²) in [7, 11) is -4.12. The van der Waals surface area contributed by atoms with Crippen molar-refractivity contribution < 1.29 is 17.6 Å². The summed E-state index contributed by atoms with van der Waals surface area (Å²) in [6, 6.07) is 20.2. The van der Waals surface area contributed by atoms with Crippen molar-refractivity contribution in [3.05, 3.63) is 108 Å². The van der Waals surface area contributed by atoms with Crippen molar-refractivity contribution in [2.24, 2.45) is 0 Å². The Morgan fingerprint density at radius 3 is 2.40 bits per heavy atom. The van der Waals surface area contributed by atoms with E-state index < -0.39 is 10.0 Å². The summed E-state index contributed by atoms with van der Waals surface area (Å²) in [6.07, 6.45) is 4.15. The first-order chi connectivity index (χ1) is 20.8. The highest BCUT2D eigenvalue weighted by Crippen LogP contribution is 2.34. The zero-order valence-corrected chi connectivity index (χ0v) is 23.8. The molecule has 0 spiro atoms. The van der Waals surface area contributed by atoms with E-state index in [0.29, 0.717) is 55.1 Å². The number of hydrogen-bond donors (Lipinski definition) is 2. The van der Waals surface area contributed by atoms with Crippen LogP contribution in [0.15, 0.2) is 96.3 Å². The molecule has 1 aliphatic heterocycles. The smallest absolute Gasteiger partial charge is 0.274 e. The number of benzene rings is 3. The topological polar surface area (TPSA) is 134 Å². The van der Waals surface area contributed by atoms with Crippen LogP contribution in [0, 0.1) is 5.82 Å². The monoisotopic (exact) mass is 597 g/mol. The van der Waals surface area contributed by atoms with Gasteiger partial charge in [0, 0.05) is 61.1 Å². The number of carbonyl (C=O) groups excluding carboxylic acids is 1. The molecule has 1 saturated heterocycles. The number of nitrogens with zero attached hydrogens (tertiary/aromatic N) is 5. The van der Waals surface area contributed by atoms with Gasteiger partial charge in [0.05, 0.1) is 22.8 Å². The summed E-state index contributed by atoms with van der Waals surface area (Å²) in [5.74, 6) is -0.584. The third-order valence-corrected chi connectivity index (χ3v) is 8.72. The Morgan fingerprint density at radius 1 is 0.884 bits per heavy atom. The molecule has 0 saturated carbocycles. The number of carbonyl (C=O) groups is 1. The molecule has 5 aromatic rings. The largest absolute Gasteiger partial charge is 0.399 e. The van der Waals surface area contributed by atoms with Gasteiger partial charge in [-0.3, -0.25) is 19.4 Å². The van der Waals surface area contributed by atoms with E-state index in [2.05, 4.69) is 24.6 Å². The molecule has 1 aliphatic rings. The van der Waals surface area contributed by atoms with Crippen LogP contribution in [0.1, 0.15) is 16.1 Å². The van der Waals surface area contributed by atoms with E-state index in [9.17, 15) is 17.6 Å². The van der Waals surface area contributed by atoms with E-state index >= 15 is 0 Å². The summed E-state index contributed by atoms with van der Waals surface area (Å²) in [5.41, 5.74) is 9.24. The number of para-hydroxylation sites is 1. The number of anilines is 2. The minimum absolute atomic E-state index is 0.000291. The fourth-order valence-corrected chi connectivity index (χ4v) is 6.31. The molecule has 3 aromatic carbocycles. The van der Waals surface area contributed by atoms with Gasteiger partial charge in [-0.15, -0.1) is 0 Å². The van der Waals surface area contributed by atoms with Crippen molar-refractivity contribution in [3.63, 3.8) is 0 Å². The summed E-state index contributed by atoms with van der Waals surface area (Å²) in [6.45, 7) is 2.98. The van der Waals surface area contributed by atoms with E-state index in [0.717, 1.165) is 10.9 Å². The predicted octanol–water partition coefficient (Wildman–Crippen LogP) is 4.17. The van der Waals surface area contributed by atoms with Gasteiger partial charge in [-0.25, -0.2) is 22.8 Å². The lowest BCUT2D eigenvalue weighted by Crippen LogP contribution is -2.48. The zero-order valence-electron chi connectivity index (χ0n) is 23.0. The van der Waals surface area contributed by atoms with Crippen LogP contribution in [-0.4, -0.2) is 65.3 Å². The van der Waals surface area contributed by atoms with Crippen LogP contribution in [0.4, 0.5) is 15.9 Å². The Morgan fingerprint density at radius 2 is 1.65 bits per heavy atom. The number of aromatic nitrogens is 3. The molecular formula is C31H28FN7O3S. The highest BCUT2D eigenvalue weighted by molar-refractivity contribution is 7.92. The number of halogens is 1. The Hall–Kier alpha value is -4.94. The zero-order chi connectivity index (χ0) is 30.0. The highest BCUT2D eigenvalue weighted by atomic mass is 32.2. The molecule has 1 fully saturated rings. The number of nitrogens with one attached hydrogen (secondary N) is 1. The molecular weight excluding hydrogens is 569 g/mol. The lowest BCUT2D eigenvalue weighted by Gasteiger charge is -2.34. The SMILES string of the molecule is Nc1ccc(S(=O)(=O)Nc2cnc(C(=O)N3CCN(Cc4ccc(F)cc4)CC3)cn2)c(-c2cccc3cccnc23)c1. The van der Waals surface area contributed by atoms with Crippen LogP contribution in [-0.2, 0) is 16.6 Å². The molecule has 218 valence electrons. The van der Waals surface area contributed by atoms with Crippen LogP contribution in [0.25, 0.3) is 22.0 Å². The lowest BCUT2D eigenvalue weighted by atomic mass is 10.0. The van der Waals surface area contributed by atoms with Gasteiger partial charge in [-0.2, -0.15) is 0 Å². The first kappa shape index (κ1) is 28.2. The average Bonchev–Trinajstić information content (AvgIpc) is 3.02. The van der Waals surface area contributed by atoms with Gasteiger partial charge in [-0.1, -0.05) is 36.4 Å². The van der Waals surface area contributed by atoms with Crippen molar-refractivity contribution in [1.29, 1.82) is 0 Å². The van der Waals surface area contributed by atoms with Crippen LogP contribution in [0.5, 0.6) is 0 Å². The van der Waals surface area contributed by atoms with Crippen molar-refractivity contribution >= 4 is 38.3 Å². The Kier molecular flexibility index (Phi) is 7.70. The van der Waals surface area contributed by atoms with Crippen LogP contribution >= 0.6 is 0 Å². The predicted molar refractivity (Wildman–Crippen MR) is 162 cm³/mol. The molecule has 12 heteroatoms. The standard InChI is InChI=1S/C31H28FN7O3S/c32-23-8-6-21(7-9-23)20-38-13-15-39(16-14-38)31(40)27-18-36-29(19-35-27)37-43(41,42)28-11-10-24(33)17-26(28)25-5-1-3-22-4-2-12-34-30(22)25/h1-12,17-19H,13-16,20,33H2,(H,36,37). The molecule has 0 radical (unpaired) electrons. The van der Waals surface area contributed by atoms with Gasteiger partial charge in [0.1, 0.15) is 11.5 Å². The molecule has 3 N–H and O–H groups in total. The van der Waals surface area contributed by atoms with E-state index in [1.165, 1.54) is 36.7 Å². The first-order valence-corrected chi connectivity index (χ1v) is 15.1. The van der Waals surface area contributed by atoms with E-state index in [-0.39, 0.29) is 28.1 Å². The first-order valence-electron chi connectivity index (χ1n) is 13.6. The third kappa shape index (κ3) is 6.15. The van der Waals surface area contributed by atoms with Gasteiger partial charge in [0.2, 0.25) is 0 Å². The van der Waals surface area contributed by atoms with Gasteiger partial charge in [0.15, 0.2) is 5.82 Å². The van der Waals surface area contributed by atoms with Crippen molar-refractivity contribution in [1.82, 2.24) is 24.8 Å². The number of nitrogen functional groups attached to an aromatic ring is 1. The normalized spacial score (nSPS) is 14.1. The maximum Gasteiger partial charge on any atom is 0.274 e. The Labute approximate surface area is 248 Å². The number of piperazine rings is 1. The minimum atomic E-state index is -4.12. The van der Waals surface area contributed by atoms with Crippen LogP contribution in [0.3, 0.4) is 0 Å². The highest BCUT2D eigenvalue weighted by Gasteiger charge is 2.25. The third-order valence-electron chi connectivity index (χ3n) is 7.30. The molecule has 0 unspecified atom stereocenters. The van der Waals surface area contributed by atoms with E-state index in [1.54, 1.807) is 35.4 Å². The number of pyridine rings is 1. The number of amides is 1. The number of sulfonamides is 1. The summed E-state index contributed by atoms with van der Waals surface area (Å²) < 4.78 is 42.8. The lowest BCUT2D eigenvalue weighted by molar-refractivity contribution is 0.0622. The summed E-state index contributed by atoms with van der Waals surface area (Å²) >= 11 is 0. The molecule has 0 bridgehead atoms. The second-order valence-electron chi connectivity index (χ2n) is 10.2. The van der Waals surface area contributed by atoms with Gasteiger partial charge >= 0.3 is 0 Å². The van der Waals surface area contributed by atoms with E-state index in [1.807, 2.05) is 24.3 Å². The van der Waals surface area contributed by atoms with Gasteiger partial charge < -0.3 is 10.6 Å². The quantitative estimate of drug-likeness (QED) is 0.267. The molecule has 6 rings (SSSR count). The Balaban J connectivity index is 1.15. The summed E-state index contributed by atoms with van der Waals surface area (Å²) in [5, 5.41) is 0.860. The minimum Gasteiger partial charge on any atom is -0.399 e. The molecule has 2 aromatic heterocycles. The van der Waals surface area contributed by atoms with Crippen molar-refractivity contribution in [2.45, 2.75) is 11.4 Å². The molecule has 0 atom stereocenters. The van der Waals surface area contributed by atoms with E-state index in [4.69, 9.17) is 5.73 Å². The number of hydrogen-bond acceptors (Lipinski definition) is 8. The second kappa shape index (κ2) is 11.7. The number of fused-ring (bicyclic) bond motifs is 1. The molecule has 0 aliphatic carbocycles. The number of nitrogens with two attached hydrogens (primary N) is 1. The molecule has 10 nitrogen and oxygen atoms in total. The van der Waals surface area contributed by atoms with Gasteiger partial charge in [-0.05, 0) is 42.0 Å². The van der Waals surface area contributed by atoms with Crippen LogP contribution < -0.4 is 10.5 Å². The van der Waals surface area contributed by atoms with Gasteiger partial charge in [0.25, 0.3) is 15.9 Å². The average molecular weight is 598 g/mol. The van der Waals surface area contributed by atoms with Crippen molar-refractivity contribution in [2.75, 3.05) is 36.6 Å². The maximum absolute atomic E-state index is 13.5. The molecule has 43 heavy (non-hydrogen) atoms. The molecule has 3 heterocycles. The fraction of sp³-hybridized carbons (Fsp3) is 0.161. The van der Waals surface area contributed by atoms with Crippen LogP contribution in [0.2, 0.25) is 0 Å². The van der Waals surface area contributed by atoms with Crippen molar-refractivity contribution in [3.8, 4) is 11.1 Å². The number of rotatable bonds is 7. The summed E-state index contributed by atoms with van der Waals surface area (Å²) in [4.78, 5) is 29.8. The Bertz CT molecular complexity index is 1890. The fourth-order valence-electron chi connectivity index (χ4n) is 5.12. The maximum atomic E-state index is 13.5. The molecule has 1 amide bonds. The second-order valence-corrected chi connectivity index (χ2v) is 11.9.